The van der Waals surface area contributed by atoms with Gasteiger partial charge in [0, 0.05) is 31.2 Å². The third kappa shape index (κ3) is 4.42. The van der Waals surface area contributed by atoms with E-state index in [-0.39, 0.29) is 23.9 Å². The number of rotatable bonds is 4. The lowest BCUT2D eigenvalue weighted by molar-refractivity contribution is -0.137. The number of methoxy groups -OCH3 is 1. The van der Waals surface area contributed by atoms with Crippen molar-refractivity contribution in [3.8, 4) is 5.75 Å². The maximum Gasteiger partial charge on any atom is 0.321 e. The Bertz CT molecular complexity index is 861. The monoisotopic (exact) mass is 407 g/mol. The molecular weight excluding hydrogens is 378 g/mol. The van der Waals surface area contributed by atoms with Gasteiger partial charge in [-0.3, -0.25) is 4.79 Å². The van der Waals surface area contributed by atoms with E-state index in [1.54, 1.807) is 7.11 Å². The zero-order valence-electron chi connectivity index (χ0n) is 17.4. The first-order chi connectivity index (χ1) is 14.7. The highest BCUT2D eigenvalue weighted by molar-refractivity contribution is 5.89. The van der Waals surface area contributed by atoms with Crippen molar-refractivity contribution in [1.29, 1.82) is 0 Å². The molecular formula is C24H29N3O3. The van der Waals surface area contributed by atoms with Crippen molar-refractivity contribution >= 4 is 17.6 Å². The van der Waals surface area contributed by atoms with Crippen LogP contribution in [0.1, 0.15) is 37.3 Å². The van der Waals surface area contributed by atoms with Gasteiger partial charge < -0.3 is 19.9 Å². The summed E-state index contributed by atoms with van der Waals surface area (Å²) >= 11 is 0. The van der Waals surface area contributed by atoms with E-state index in [0.29, 0.717) is 25.9 Å². The molecule has 2 aromatic carbocycles. The van der Waals surface area contributed by atoms with E-state index in [9.17, 15) is 9.59 Å². The standard InChI is InChI=1S/C24H29N3O3/c1-30-21-11-9-18(10-12-21)22-8-5-15-27(22)23(28)19-13-16-26(17-14-19)24(29)25-20-6-3-2-4-7-20/h2-4,6-7,9-12,19,22H,5,8,13-17H2,1H3,(H,25,29)/t22-/m0/s1. The fraction of sp³-hybridized carbons (Fsp3) is 0.417. The number of anilines is 1. The number of urea groups is 1. The predicted octanol–water partition coefficient (Wildman–Crippen LogP) is 4.30. The Labute approximate surface area is 177 Å². The Morgan fingerprint density at radius 1 is 0.933 bits per heavy atom. The summed E-state index contributed by atoms with van der Waals surface area (Å²) in [6, 6.07) is 17.6. The van der Waals surface area contributed by atoms with Crippen LogP contribution >= 0.6 is 0 Å². The van der Waals surface area contributed by atoms with E-state index in [4.69, 9.17) is 4.74 Å². The molecule has 6 heteroatoms. The van der Waals surface area contributed by atoms with Gasteiger partial charge in [0.15, 0.2) is 0 Å². The van der Waals surface area contributed by atoms with Gasteiger partial charge in [0.2, 0.25) is 5.91 Å². The third-order valence-electron chi connectivity index (χ3n) is 6.19. The van der Waals surface area contributed by atoms with Gasteiger partial charge in [0.1, 0.15) is 5.75 Å². The molecule has 2 fully saturated rings. The molecule has 4 rings (SSSR count). The number of hydrogen-bond donors (Lipinski definition) is 1. The van der Waals surface area contributed by atoms with Crippen molar-refractivity contribution in [2.24, 2.45) is 5.92 Å². The van der Waals surface area contributed by atoms with Crippen LogP contribution in [0, 0.1) is 5.92 Å². The van der Waals surface area contributed by atoms with Gasteiger partial charge in [-0.1, -0.05) is 30.3 Å². The van der Waals surface area contributed by atoms with Crippen molar-refractivity contribution in [3.05, 3.63) is 60.2 Å². The van der Waals surface area contributed by atoms with Crippen LogP contribution in [0.25, 0.3) is 0 Å². The summed E-state index contributed by atoms with van der Waals surface area (Å²) in [5.41, 5.74) is 1.96. The second kappa shape index (κ2) is 9.20. The average Bonchev–Trinajstić information content (AvgIpc) is 3.29. The fourth-order valence-electron chi connectivity index (χ4n) is 4.49. The summed E-state index contributed by atoms with van der Waals surface area (Å²) in [6.07, 6.45) is 3.46. The molecule has 1 atom stereocenters. The quantitative estimate of drug-likeness (QED) is 0.822. The Hall–Kier alpha value is -3.02. The van der Waals surface area contributed by atoms with Gasteiger partial charge in [0.05, 0.1) is 13.2 Å². The first-order valence-corrected chi connectivity index (χ1v) is 10.7. The lowest BCUT2D eigenvalue weighted by Gasteiger charge is -2.35. The van der Waals surface area contributed by atoms with Crippen LogP contribution in [0.4, 0.5) is 10.5 Å². The molecule has 30 heavy (non-hydrogen) atoms. The number of carbonyl (C=O) groups is 2. The highest BCUT2D eigenvalue weighted by Gasteiger charge is 2.36. The molecule has 2 aliphatic heterocycles. The highest BCUT2D eigenvalue weighted by Crippen LogP contribution is 2.35. The number of likely N-dealkylation sites (tertiary alicyclic amines) is 2. The molecule has 2 aliphatic rings. The number of hydrogen-bond acceptors (Lipinski definition) is 3. The summed E-state index contributed by atoms with van der Waals surface area (Å²) in [6.45, 7) is 2.02. The van der Waals surface area contributed by atoms with Gasteiger partial charge >= 0.3 is 6.03 Å². The fourth-order valence-corrected chi connectivity index (χ4v) is 4.49. The molecule has 0 saturated carbocycles. The molecule has 0 bridgehead atoms. The minimum Gasteiger partial charge on any atom is -0.497 e. The number of nitrogens with one attached hydrogen (secondary N) is 1. The molecule has 0 aromatic heterocycles. The first-order valence-electron chi connectivity index (χ1n) is 10.7. The van der Waals surface area contributed by atoms with Crippen LogP contribution in [0.2, 0.25) is 0 Å². The minimum atomic E-state index is -0.0932. The summed E-state index contributed by atoms with van der Waals surface area (Å²) < 4.78 is 5.25. The molecule has 0 unspecified atom stereocenters. The minimum absolute atomic E-state index is 0.00961. The number of amides is 3. The topological polar surface area (TPSA) is 61.9 Å². The van der Waals surface area contributed by atoms with Gasteiger partial charge in [-0.15, -0.1) is 0 Å². The molecule has 2 aromatic rings. The molecule has 158 valence electrons. The predicted molar refractivity (Wildman–Crippen MR) is 116 cm³/mol. The SMILES string of the molecule is COc1ccc([C@@H]2CCCN2C(=O)C2CCN(C(=O)Nc3ccccc3)CC2)cc1. The average molecular weight is 408 g/mol. The Morgan fingerprint density at radius 3 is 2.30 bits per heavy atom. The maximum absolute atomic E-state index is 13.3. The first kappa shape index (κ1) is 20.3. The molecule has 2 saturated heterocycles. The Balaban J connectivity index is 1.33. The Morgan fingerprint density at radius 2 is 1.63 bits per heavy atom. The number of para-hydroxylation sites is 1. The van der Waals surface area contributed by atoms with Crippen molar-refractivity contribution < 1.29 is 14.3 Å². The summed E-state index contributed by atoms with van der Waals surface area (Å²) in [5.74, 6) is 1.05. The highest BCUT2D eigenvalue weighted by atomic mass is 16.5. The summed E-state index contributed by atoms with van der Waals surface area (Å²) in [5, 5.41) is 2.93. The number of carbonyl (C=O) groups excluding carboxylic acids is 2. The smallest absolute Gasteiger partial charge is 0.321 e. The number of piperidine rings is 1. The van der Waals surface area contributed by atoms with Crippen molar-refractivity contribution in [2.75, 3.05) is 32.1 Å². The van der Waals surface area contributed by atoms with E-state index in [1.165, 1.54) is 5.56 Å². The van der Waals surface area contributed by atoms with Crippen LogP contribution in [-0.4, -0.2) is 48.5 Å². The summed E-state index contributed by atoms with van der Waals surface area (Å²) in [4.78, 5) is 29.6. The molecule has 3 amide bonds. The van der Waals surface area contributed by atoms with Gasteiger partial charge in [-0.25, -0.2) is 4.79 Å². The van der Waals surface area contributed by atoms with Crippen molar-refractivity contribution in [1.82, 2.24) is 9.80 Å². The lowest BCUT2D eigenvalue weighted by atomic mass is 9.94. The molecule has 0 aliphatic carbocycles. The normalized spacial score (nSPS) is 19.6. The van der Waals surface area contributed by atoms with E-state index in [1.807, 2.05) is 52.3 Å². The zero-order chi connectivity index (χ0) is 20.9. The second-order valence-corrected chi connectivity index (χ2v) is 8.02. The lowest BCUT2D eigenvalue weighted by Crippen LogP contribution is -2.45. The van der Waals surface area contributed by atoms with Crippen LogP contribution in [0.15, 0.2) is 54.6 Å². The van der Waals surface area contributed by atoms with Crippen LogP contribution < -0.4 is 10.1 Å². The van der Waals surface area contributed by atoms with E-state index < -0.39 is 0 Å². The molecule has 1 N–H and O–H groups in total. The van der Waals surface area contributed by atoms with Gasteiger partial charge in [-0.2, -0.15) is 0 Å². The van der Waals surface area contributed by atoms with E-state index in [2.05, 4.69) is 17.4 Å². The number of nitrogens with zero attached hydrogens (tertiary/aromatic N) is 2. The summed E-state index contributed by atoms with van der Waals surface area (Å²) in [7, 11) is 1.66. The van der Waals surface area contributed by atoms with Crippen LogP contribution in [0.3, 0.4) is 0 Å². The van der Waals surface area contributed by atoms with Gasteiger partial charge in [0.25, 0.3) is 0 Å². The molecule has 0 spiro atoms. The maximum atomic E-state index is 13.3. The van der Waals surface area contributed by atoms with Crippen molar-refractivity contribution in [3.63, 3.8) is 0 Å². The third-order valence-corrected chi connectivity index (χ3v) is 6.19. The largest absolute Gasteiger partial charge is 0.497 e. The van der Waals surface area contributed by atoms with Crippen molar-refractivity contribution in [2.45, 2.75) is 31.7 Å². The molecule has 6 nitrogen and oxygen atoms in total. The Kier molecular flexibility index (Phi) is 6.21. The number of ether oxygens (including phenoxy) is 1. The van der Waals surface area contributed by atoms with Gasteiger partial charge in [-0.05, 0) is 55.5 Å². The number of benzene rings is 2. The zero-order valence-corrected chi connectivity index (χ0v) is 17.4. The van der Waals surface area contributed by atoms with Crippen LogP contribution in [0.5, 0.6) is 5.75 Å². The second-order valence-electron chi connectivity index (χ2n) is 8.02. The molecule has 0 radical (unpaired) electrons. The van der Waals surface area contributed by atoms with E-state index >= 15 is 0 Å². The van der Waals surface area contributed by atoms with Crippen LogP contribution in [-0.2, 0) is 4.79 Å². The molecule has 2 heterocycles. The van der Waals surface area contributed by atoms with E-state index in [0.717, 1.165) is 30.8 Å².